The quantitative estimate of drug-likeness (QED) is 0.801. The number of rotatable bonds is 3. The maximum Gasteiger partial charge on any atom is 0.161 e. The van der Waals surface area contributed by atoms with Gasteiger partial charge in [-0.15, -0.1) is 0 Å². The van der Waals surface area contributed by atoms with Gasteiger partial charge in [-0.1, -0.05) is 25.0 Å². The molecule has 1 aliphatic rings. The molecule has 4 heteroatoms. The van der Waals surface area contributed by atoms with E-state index < -0.39 is 0 Å². The number of hydrogen-bond donors (Lipinski definition) is 0. The zero-order valence-electron chi connectivity index (χ0n) is 12.8. The van der Waals surface area contributed by atoms with Crippen LogP contribution in [-0.4, -0.2) is 30.2 Å². The molecule has 1 aliphatic heterocycles. The lowest BCUT2D eigenvalue weighted by Gasteiger charge is -2.19. The molecule has 2 rings (SSSR count). The summed E-state index contributed by atoms with van der Waals surface area (Å²) < 4.78 is 5.33. The molecule has 4 nitrogen and oxygen atoms in total. The molecule has 0 fully saturated rings. The van der Waals surface area contributed by atoms with Gasteiger partial charge >= 0.3 is 0 Å². The molecule has 1 heterocycles. The molecule has 0 aliphatic carbocycles. The SMILES string of the molecule is CCCC#CN1CC(=O)CC(c2ccc(C)c(OC)c2)=N1. The van der Waals surface area contributed by atoms with Gasteiger partial charge in [0.1, 0.15) is 12.3 Å². The number of benzene rings is 1. The topological polar surface area (TPSA) is 41.9 Å². The lowest BCUT2D eigenvalue weighted by molar-refractivity contribution is -0.118. The summed E-state index contributed by atoms with van der Waals surface area (Å²) in [4.78, 5) is 11.9. The standard InChI is InChI=1S/C17H20N2O2/c1-4-5-6-9-19-12-15(20)11-16(18-19)14-8-7-13(2)17(10-14)21-3/h7-8,10H,4-5,11-12H2,1-3H3. The fourth-order valence-electron chi connectivity index (χ4n) is 2.12. The Labute approximate surface area is 125 Å². The van der Waals surface area contributed by atoms with E-state index in [1.165, 1.54) is 0 Å². The summed E-state index contributed by atoms with van der Waals surface area (Å²) >= 11 is 0. The van der Waals surface area contributed by atoms with E-state index in [1.807, 2.05) is 25.1 Å². The molecular formula is C17H20N2O2. The van der Waals surface area contributed by atoms with Gasteiger partial charge in [0, 0.05) is 18.0 Å². The van der Waals surface area contributed by atoms with Crippen molar-refractivity contribution in [3.63, 3.8) is 0 Å². The van der Waals surface area contributed by atoms with Crippen molar-refractivity contribution in [1.82, 2.24) is 5.01 Å². The average Bonchev–Trinajstić information content (AvgIpc) is 2.47. The Balaban J connectivity index is 2.29. The number of nitrogens with zero attached hydrogens (tertiary/aromatic N) is 2. The predicted molar refractivity (Wildman–Crippen MR) is 83.3 cm³/mol. The largest absolute Gasteiger partial charge is 0.496 e. The van der Waals surface area contributed by atoms with Gasteiger partial charge in [0.15, 0.2) is 5.78 Å². The van der Waals surface area contributed by atoms with E-state index in [9.17, 15) is 4.79 Å². The van der Waals surface area contributed by atoms with E-state index in [0.29, 0.717) is 6.42 Å². The van der Waals surface area contributed by atoms with Crippen molar-refractivity contribution in [2.24, 2.45) is 5.10 Å². The first-order valence-corrected chi connectivity index (χ1v) is 7.14. The molecule has 0 saturated heterocycles. The summed E-state index contributed by atoms with van der Waals surface area (Å²) in [6, 6.07) is 8.80. The minimum absolute atomic E-state index is 0.130. The van der Waals surface area contributed by atoms with Crippen molar-refractivity contribution in [2.45, 2.75) is 33.1 Å². The number of methoxy groups -OCH3 is 1. The van der Waals surface area contributed by atoms with Crippen LogP contribution in [0.1, 0.15) is 37.3 Å². The highest BCUT2D eigenvalue weighted by atomic mass is 16.5. The maximum atomic E-state index is 11.9. The molecule has 0 atom stereocenters. The summed E-state index contributed by atoms with van der Waals surface area (Å²) in [5, 5.41) is 6.02. The highest BCUT2D eigenvalue weighted by Crippen LogP contribution is 2.21. The van der Waals surface area contributed by atoms with E-state index in [4.69, 9.17) is 4.74 Å². The van der Waals surface area contributed by atoms with Gasteiger partial charge < -0.3 is 4.74 Å². The maximum absolute atomic E-state index is 11.9. The van der Waals surface area contributed by atoms with Gasteiger partial charge in [-0.3, -0.25) is 4.79 Å². The van der Waals surface area contributed by atoms with Crippen molar-refractivity contribution >= 4 is 11.5 Å². The molecule has 1 aromatic rings. The molecule has 0 unspecified atom stereocenters. The second-order valence-electron chi connectivity index (χ2n) is 5.04. The number of hydrazone groups is 1. The molecule has 21 heavy (non-hydrogen) atoms. The van der Waals surface area contributed by atoms with Crippen LogP contribution in [0.3, 0.4) is 0 Å². The third-order valence-corrected chi connectivity index (χ3v) is 3.26. The van der Waals surface area contributed by atoms with E-state index in [0.717, 1.165) is 35.4 Å². The fraction of sp³-hybridized carbons (Fsp3) is 0.412. The Morgan fingerprint density at radius 2 is 2.24 bits per heavy atom. The highest BCUT2D eigenvalue weighted by Gasteiger charge is 2.20. The summed E-state index contributed by atoms with van der Waals surface area (Å²) in [5.41, 5.74) is 2.71. The fourth-order valence-corrected chi connectivity index (χ4v) is 2.12. The molecule has 110 valence electrons. The molecule has 0 amide bonds. The second-order valence-corrected chi connectivity index (χ2v) is 5.04. The summed E-state index contributed by atoms with van der Waals surface area (Å²) in [6.45, 7) is 4.32. The second kappa shape index (κ2) is 6.94. The van der Waals surface area contributed by atoms with E-state index >= 15 is 0 Å². The predicted octanol–water partition coefficient (Wildman–Crippen LogP) is 2.74. The number of Topliss-reactive ketones (excluding diaryl/α,β-unsaturated/α-hetero) is 1. The van der Waals surface area contributed by atoms with E-state index in [1.54, 1.807) is 12.1 Å². The van der Waals surface area contributed by atoms with Crippen LogP contribution in [0.4, 0.5) is 0 Å². The van der Waals surface area contributed by atoms with Crippen molar-refractivity contribution in [1.29, 1.82) is 0 Å². The molecule has 0 bridgehead atoms. The third kappa shape index (κ3) is 3.85. The minimum atomic E-state index is 0.130. The number of carbonyl (C=O) groups is 1. The van der Waals surface area contributed by atoms with Crippen LogP contribution in [0.25, 0.3) is 0 Å². The molecular weight excluding hydrogens is 264 g/mol. The molecule has 0 spiro atoms. The van der Waals surface area contributed by atoms with E-state index in [2.05, 4.69) is 24.0 Å². The number of ketones is 1. The normalized spacial score (nSPS) is 14.3. The van der Waals surface area contributed by atoms with Gasteiger partial charge in [0.25, 0.3) is 0 Å². The zero-order chi connectivity index (χ0) is 15.2. The summed E-state index contributed by atoms with van der Waals surface area (Å²) in [7, 11) is 1.64. The summed E-state index contributed by atoms with van der Waals surface area (Å²) in [6.07, 6.45) is 2.16. The summed E-state index contributed by atoms with van der Waals surface area (Å²) in [5.74, 6) is 3.95. The highest BCUT2D eigenvalue weighted by molar-refractivity contribution is 6.12. The van der Waals surface area contributed by atoms with Crippen LogP contribution >= 0.6 is 0 Å². The molecule has 0 aromatic heterocycles. The number of ether oxygens (including phenoxy) is 1. The van der Waals surface area contributed by atoms with Gasteiger partial charge in [0.05, 0.1) is 19.2 Å². The minimum Gasteiger partial charge on any atom is -0.496 e. The van der Waals surface area contributed by atoms with Crippen LogP contribution in [-0.2, 0) is 4.79 Å². The number of hydrogen-bond acceptors (Lipinski definition) is 4. The van der Waals surface area contributed by atoms with Gasteiger partial charge in [-0.05, 0) is 25.0 Å². The zero-order valence-corrected chi connectivity index (χ0v) is 12.8. The number of unbranched alkanes of at least 4 members (excludes halogenated alkanes) is 1. The lowest BCUT2D eigenvalue weighted by Crippen LogP contribution is -2.30. The Hall–Kier alpha value is -2.28. The first-order chi connectivity index (χ1) is 10.1. The van der Waals surface area contributed by atoms with Crippen LogP contribution < -0.4 is 4.74 Å². The Bertz CT molecular complexity index is 623. The lowest BCUT2D eigenvalue weighted by atomic mass is 10.0. The van der Waals surface area contributed by atoms with E-state index in [-0.39, 0.29) is 12.3 Å². The van der Waals surface area contributed by atoms with Crippen LogP contribution in [0.5, 0.6) is 5.75 Å². The Kier molecular flexibility index (Phi) is 4.99. The first-order valence-electron chi connectivity index (χ1n) is 7.14. The molecule has 0 saturated carbocycles. The average molecular weight is 284 g/mol. The van der Waals surface area contributed by atoms with Gasteiger partial charge in [0.2, 0.25) is 0 Å². The van der Waals surface area contributed by atoms with Crippen LogP contribution in [0.15, 0.2) is 23.3 Å². The monoisotopic (exact) mass is 284 g/mol. The molecule has 1 aromatic carbocycles. The molecule has 0 radical (unpaired) electrons. The Morgan fingerprint density at radius 3 is 2.95 bits per heavy atom. The van der Waals surface area contributed by atoms with Gasteiger partial charge in [-0.2, -0.15) is 5.10 Å². The van der Waals surface area contributed by atoms with Crippen LogP contribution in [0.2, 0.25) is 0 Å². The number of aryl methyl sites for hydroxylation is 1. The smallest absolute Gasteiger partial charge is 0.161 e. The van der Waals surface area contributed by atoms with Crippen molar-refractivity contribution in [2.75, 3.05) is 13.7 Å². The van der Waals surface area contributed by atoms with Crippen molar-refractivity contribution < 1.29 is 9.53 Å². The Morgan fingerprint density at radius 1 is 1.43 bits per heavy atom. The van der Waals surface area contributed by atoms with Crippen molar-refractivity contribution in [3.8, 4) is 17.7 Å². The third-order valence-electron chi connectivity index (χ3n) is 3.26. The number of carbonyl (C=O) groups excluding carboxylic acids is 1. The van der Waals surface area contributed by atoms with Crippen LogP contribution in [0, 0.1) is 18.9 Å². The van der Waals surface area contributed by atoms with Crippen molar-refractivity contribution in [3.05, 3.63) is 29.3 Å². The molecule has 0 N–H and O–H groups in total. The van der Waals surface area contributed by atoms with Gasteiger partial charge in [-0.25, -0.2) is 5.01 Å². The first kappa shape index (κ1) is 15.1.